The minimum absolute atomic E-state index is 0.0807. The molecule has 3 saturated heterocycles. The molecule has 3 fully saturated rings. The number of nitrogens with zero attached hydrogens (tertiary/aromatic N) is 6. The largest absolute Gasteiger partial charge is 0.370 e. The minimum Gasteiger partial charge on any atom is -0.370 e. The summed E-state index contributed by atoms with van der Waals surface area (Å²) in [6, 6.07) is 12.8. The summed E-state index contributed by atoms with van der Waals surface area (Å²) in [5.74, 6) is 1.01. The van der Waals surface area contributed by atoms with E-state index in [9.17, 15) is 5.26 Å². The highest BCUT2D eigenvalue weighted by Gasteiger charge is 2.51. The van der Waals surface area contributed by atoms with Crippen LogP contribution >= 0.6 is 0 Å². The zero-order valence-corrected chi connectivity index (χ0v) is 21.9. The van der Waals surface area contributed by atoms with Gasteiger partial charge in [0.1, 0.15) is 17.5 Å². The van der Waals surface area contributed by atoms with Crippen LogP contribution in [0.5, 0.6) is 0 Å². The zero-order valence-electron chi connectivity index (χ0n) is 21.9. The Hall–Kier alpha value is -3.23. The normalized spacial score (nSPS) is 24.8. The van der Waals surface area contributed by atoms with E-state index >= 15 is 0 Å². The minimum atomic E-state index is -0.251. The second-order valence-corrected chi connectivity index (χ2v) is 11.4. The molecule has 4 aliphatic heterocycles. The topological polar surface area (TPSA) is 104 Å². The predicted octanol–water partition coefficient (Wildman–Crippen LogP) is 0.242. The Morgan fingerprint density at radius 3 is 2.79 bits per heavy atom. The molecule has 3 aromatic rings. The van der Waals surface area contributed by atoms with Crippen LogP contribution < -0.4 is 21.1 Å². The van der Waals surface area contributed by atoms with Crippen molar-refractivity contribution < 1.29 is 9.47 Å². The van der Waals surface area contributed by atoms with Crippen LogP contribution in [0.3, 0.4) is 0 Å². The zero-order chi connectivity index (χ0) is 26.0. The van der Waals surface area contributed by atoms with Gasteiger partial charge in [-0.1, -0.05) is 6.07 Å². The fraction of sp³-hybridized carbons (Fsp3) is 0.464. The van der Waals surface area contributed by atoms with Crippen molar-refractivity contribution >= 4 is 35.8 Å². The number of aromatic nitrogens is 2. The van der Waals surface area contributed by atoms with Crippen molar-refractivity contribution in [3.63, 3.8) is 0 Å². The van der Waals surface area contributed by atoms with Gasteiger partial charge in [0.25, 0.3) is 0 Å². The van der Waals surface area contributed by atoms with E-state index in [-0.39, 0.29) is 23.9 Å². The Kier molecular flexibility index (Phi) is 5.60. The molecule has 2 atom stereocenters. The molecule has 0 amide bonds. The second kappa shape index (κ2) is 8.92. The van der Waals surface area contributed by atoms with Crippen LogP contribution in [0.4, 0.5) is 11.5 Å². The van der Waals surface area contributed by atoms with E-state index in [0.29, 0.717) is 12.2 Å². The number of ether oxygens (including phenoxy) is 2. The first-order valence-electron chi connectivity index (χ1n) is 13.5. The third kappa shape index (κ3) is 3.93. The SMILES string of the molecule is Bc1ccc2c(N3C[C@H](CN4CC5(C4)OCc4cc(N6CC(N)C6)ncc45)O[C@H](C)C3)ccc(C#N)c2n1. The summed E-state index contributed by atoms with van der Waals surface area (Å²) in [5, 5.41) is 10.6. The van der Waals surface area contributed by atoms with Crippen molar-refractivity contribution in [1.29, 1.82) is 5.26 Å². The Bertz CT molecular complexity index is 1450. The molecule has 2 aromatic heterocycles. The number of fused-ring (bicyclic) bond motifs is 3. The van der Waals surface area contributed by atoms with Crippen molar-refractivity contribution in [1.82, 2.24) is 14.9 Å². The summed E-state index contributed by atoms with van der Waals surface area (Å²) in [4.78, 5) is 16.5. The average Bonchev–Trinajstić information content (AvgIpc) is 3.24. The van der Waals surface area contributed by atoms with Gasteiger partial charge >= 0.3 is 0 Å². The quantitative estimate of drug-likeness (QED) is 0.496. The molecule has 0 radical (unpaired) electrons. The van der Waals surface area contributed by atoms with Crippen LogP contribution in [-0.4, -0.2) is 86.8 Å². The van der Waals surface area contributed by atoms with Gasteiger partial charge in [0.2, 0.25) is 0 Å². The smallest absolute Gasteiger partial charge is 0.163 e. The van der Waals surface area contributed by atoms with E-state index in [1.165, 1.54) is 11.1 Å². The molecule has 10 heteroatoms. The molecule has 0 unspecified atom stereocenters. The molecule has 0 bridgehead atoms. The number of nitrogens with two attached hydrogens (primary N) is 1. The summed E-state index contributed by atoms with van der Waals surface area (Å²) >= 11 is 0. The molecule has 4 aliphatic rings. The number of morpholine rings is 1. The third-order valence-electron chi connectivity index (χ3n) is 8.38. The summed E-state index contributed by atoms with van der Waals surface area (Å²) in [6.07, 6.45) is 2.21. The lowest BCUT2D eigenvalue weighted by Crippen LogP contribution is -2.62. The highest BCUT2D eigenvalue weighted by Crippen LogP contribution is 2.44. The maximum absolute atomic E-state index is 9.60. The van der Waals surface area contributed by atoms with Crippen molar-refractivity contribution in [2.75, 3.05) is 55.6 Å². The number of benzene rings is 1. The lowest BCUT2D eigenvalue weighted by atomic mass is 9.86. The molecular formula is C28H32BN7O2. The average molecular weight is 509 g/mol. The standard InChI is InChI=1S/C28H32BN7O2/c1-17-9-35(24-4-2-18(7-30)27-22(24)3-5-25(29)33-27)13-21(38-17)12-34-15-28(16-34)23-8-32-26(6-19(23)14-37-28)36-10-20(31)11-36/h2-6,8,17,20-21H,9-16,29,31H2,1H3/t17-,21+/m1/s1. The van der Waals surface area contributed by atoms with E-state index in [4.69, 9.17) is 20.2 Å². The molecule has 0 saturated carbocycles. The van der Waals surface area contributed by atoms with Crippen LogP contribution in [-0.2, 0) is 21.7 Å². The highest BCUT2D eigenvalue weighted by atomic mass is 16.5. The summed E-state index contributed by atoms with van der Waals surface area (Å²) in [7, 11) is 1.96. The fourth-order valence-corrected chi connectivity index (χ4v) is 6.54. The molecule has 9 nitrogen and oxygen atoms in total. The Morgan fingerprint density at radius 1 is 1.16 bits per heavy atom. The van der Waals surface area contributed by atoms with Gasteiger partial charge in [-0.3, -0.25) is 9.88 Å². The second-order valence-electron chi connectivity index (χ2n) is 11.4. The van der Waals surface area contributed by atoms with Gasteiger partial charge in [0, 0.05) is 74.7 Å². The van der Waals surface area contributed by atoms with E-state index < -0.39 is 0 Å². The molecule has 2 N–H and O–H groups in total. The van der Waals surface area contributed by atoms with Gasteiger partial charge in [-0.15, -0.1) is 0 Å². The van der Waals surface area contributed by atoms with E-state index in [1.54, 1.807) is 0 Å². The molecule has 1 spiro atoms. The number of nitriles is 1. The Balaban J connectivity index is 1.04. The maximum atomic E-state index is 9.60. The van der Waals surface area contributed by atoms with Crippen LogP contribution in [0.2, 0.25) is 0 Å². The van der Waals surface area contributed by atoms with Crippen LogP contribution in [0.25, 0.3) is 10.9 Å². The van der Waals surface area contributed by atoms with Gasteiger partial charge in [-0.05, 0) is 42.3 Å². The number of anilines is 2. The van der Waals surface area contributed by atoms with Crippen LogP contribution in [0, 0.1) is 11.3 Å². The van der Waals surface area contributed by atoms with Crippen molar-refractivity contribution in [2.45, 2.75) is 37.4 Å². The van der Waals surface area contributed by atoms with Gasteiger partial charge in [-0.25, -0.2) is 4.98 Å². The summed E-state index contributed by atoms with van der Waals surface area (Å²) in [5.41, 5.74) is 11.6. The number of pyridine rings is 2. The molecule has 194 valence electrons. The van der Waals surface area contributed by atoms with E-state index in [2.05, 4.69) is 50.9 Å². The lowest BCUT2D eigenvalue weighted by Gasteiger charge is -2.50. The Morgan fingerprint density at radius 2 is 2.00 bits per heavy atom. The molecule has 0 aliphatic carbocycles. The van der Waals surface area contributed by atoms with Gasteiger partial charge in [0.15, 0.2) is 7.85 Å². The van der Waals surface area contributed by atoms with E-state index in [0.717, 1.165) is 73.8 Å². The molecule has 7 rings (SSSR count). The maximum Gasteiger partial charge on any atom is 0.163 e. The van der Waals surface area contributed by atoms with Crippen LogP contribution in [0.15, 0.2) is 36.5 Å². The number of rotatable bonds is 4. The molecule has 1 aromatic carbocycles. The van der Waals surface area contributed by atoms with Crippen molar-refractivity contribution in [3.05, 3.63) is 53.2 Å². The number of hydrogen-bond acceptors (Lipinski definition) is 9. The third-order valence-corrected chi connectivity index (χ3v) is 8.38. The van der Waals surface area contributed by atoms with Gasteiger partial charge < -0.3 is 25.0 Å². The van der Waals surface area contributed by atoms with Gasteiger partial charge in [0.05, 0.1) is 29.9 Å². The van der Waals surface area contributed by atoms with Crippen molar-refractivity contribution in [2.24, 2.45) is 5.73 Å². The van der Waals surface area contributed by atoms with E-state index in [1.807, 2.05) is 26.2 Å². The number of likely N-dealkylation sites (tertiary alicyclic amines) is 1. The first kappa shape index (κ1) is 23.9. The Labute approximate surface area is 223 Å². The summed E-state index contributed by atoms with van der Waals surface area (Å²) < 4.78 is 12.7. The monoisotopic (exact) mass is 509 g/mol. The van der Waals surface area contributed by atoms with Crippen molar-refractivity contribution in [3.8, 4) is 6.07 Å². The highest BCUT2D eigenvalue weighted by molar-refractivity contribution is 6.31. The van der Waals surface area contributed by atoms with Gasteiger partial charge in [-0.2, -0.15) is 5.26 Å². The predicted molar refractivity (Wildman–Crippen MR) is 149 cm³/mol. The first-order valence-corrected chi connectivity index (χ1v) is 13.5. The molecule has 6 heterocycles. The fourth-order valence-electron chi connectivity index (χ4n) is 6.54. The summed E-state index contributed by atoms with van der Waals surface area (Å²) in [6.45, 7) is 8.68. The lowest BCUT2D eigenvalue weighted by molar-refractivity contribution is -0.155. The van der Waals surface area contributed by atoms with Crippen LogP contribution in [0.1, 0.15) is 23.6 Å². The number of hydrogen-bond donors (Lipinski definition) is 1. The molecular weight excluding hydrogens is 477 g/mol. The molecule has 38 heavy (non-hydrogen) atoms. The first-order chi connectivity index (χ1) is 18.4.